The van der Waals surface area contributed by atoms with Crippen LogP contribution in [-0.4, -0.2) is 32.9 Å². The highest BCUT2D eigenvalue weighted by Crippen LogP contribution is 2.61. The second-order valence-corrected chi connectivity index (χ2v) is 10.7. The minimum absolute atomic E-state index is 0.0437. The molecule has 1 aromatic heterocycles. The molecule has 32 heavy (non-hydrogen) atoms. The van der Waals surface area contributed by atoms with Crippen LogP contribution in [0.2, 0.25) is 0 Å². The number of H-pyrrole nitrogens is 1. The van der Waals surface area contributed by atoms with E-state index in [0.29, 0.717) is 11.3 Å². The lowest BCUT2D eigenvalue weighted by Crippen LogP contribution is -2.60. The molecule has 4 N–H and O–H groups in total. The molecule has 1 aromatic carbocycles. The Morgan fingerprint density at radius 2 is 1.78 bits per heavy atom. The number of benzene rings is 1. The largest absolute Gasteiger partial charge is 0.508 e. The van der Waals surface area contributed by atoms with Crippen LogP contribution in [-0.2, 0) is 0 Å². The third-order valence-electron chi connectivity index (χ3n) is 8.27. The molecule has 172 valence electrons. The Morgan fingerprint density at radius 3 is 2.41 bits per heavy atom. The van der Waals surface area contributed by atoms with E-state index in [1.807, 2.05) is 6.92 Å². The summed E-state index contributed by atoms with van der Waals surface area (Å²) in [6.07, 6.45) is 5.64. The third-order valence-corrected chi connectivity index (χ3v) is 8.27. The highest BCUT2D eigenvalue weighted by atomic mass is 16.3. The zero-order valence-electron chi connectivity index (χ0n) is 19.3. The summed E-state index contributed by atoms with van der Waals surface area (Å²) < 4.78 is 0. The van der Waals surface area contributed by atoms with Crippen molar-refractivity contribution in [3.05, 3.63) is 47.8 Å². The van der Waals surface area contributed by atoms with Gasteiger partial charge in [0, 0.05) is 29.8 Å². The van der Waals surface area contributed by atoms with Crippen LogP contribution in [0.1, 0.15) is 74.2 Å². The number of phenols is 2. The molecule has 2 saturated carbocycles. The minimum Gasteiger partial charge on any atom is -0.508 e. The van der Waals surface area contributed by atoms with E-state index in [4.69, 9.17) is 0 Å². The number of nitrogens with one attached hydrogen (secondary N) is 2. The third kappa shape index (κ3) is 3.80. The molecule has 4 rings (SSSR count). The van der Waals surface area contributed by atoms with Gasteiger partial charge in [-0.15, -0.1) is 0 Å². The Hall–Kier alpha value is -2.76. The Morgan fingerprint density at radius 1 is 1.09 bits per heavy atom. The smallest absolute Gasteiger partial charge is 0.267 e. The van der Waals surface area contributed by atoms with Gasteiger partial charge in [0.25, 0.3) is 5.91 Å². The summed E-state index contributed by atoms with van der Waals surface area (Å²) in [5.74, 6) is -0.665. The standard InChI is InChI=1S/C26H34N2O4/c1-15-20(28-24(32)19-7-5-10-27-19)14-21-25(2,3)8-6-9-26(21,4)22(15)23(31)16-11-17(29)13-18(30)12-16/h5,7,10-13,15,20-22,27,29-30H,6,8-9,14H2,1-4H3,(H,28,32)/t15-,20-,21+,22-,26+/m1/s1. The predicted molar refractivity (Wildman–Crippen MR) is 123 cm³/mol. The van der Waals surface area contributed by atoms with Gasteiger partial charge in [-0.3, -0.25) is 9.59 Å². The molecule has 2 aliphatic carbocycles. The molecule has 0 spiro atoms. The van der Waals surface area contributed by atoms with Crippen molar-refractivity contribution in [1.82, 2.24) is 10.3 Å². The summed E-state index contributed by atoms with van der Waals surface area (Å²) in [5.41, 5.74) is 0.642. The average Bonchev–Trinajstić information content (AvgIpc) is 3.23. The molecule has 2 fully saturated rings. The van der Waals surface area contributed by atoms with Crippen molar-refractivity contribution in [3.63, 3.8) is 0 Å². The number of rotatable bonds is 4. The zero-order chi connectivity index (χ0) is 23.3. The summed E-state index contributed by atoms with van der Waals surface area (Å²) in [6, 6.07) is 7.48. The Kier molecular flexibility index (Phi) is 5.60. The number of carbonyl (C=O) groups excluding carboxylic acids is 2. The van der Waals surface area contributed by atoms with Crippen molar-refractivity contribution in [2.45, 2.75) is 59.4 Å². The highest BCUT2D eigenvalue weighted by Gasteiger charge is 2.58. The van der Waals surface area contributed by atoms with Crippen LogP contribution in [0.3, 0.4) is 0 Å². The van der Waals surface area contributed by atoms with Gasteiger partial charge in [-0.1, -0.05) is 34.1 Å². The van der Waals surface area contributed by atoms with E-state index >= 15 is 0 Å². The van der Waals surface area contributed by atoms with Crippen LogP contribution in [0.25, 0.3) is 0 Å². The maximum absolute atomic E-state index is 13.9. The first-order valence-corrected chi connectivity index (χ1v) is 11.5. The second-order valence-electron chi connectivity index (χ2n) is 10.7. The van der Waals surface area contributed by atoms with Crippen LogP contribution in [0.5, 0.6) is 11.5 Å². The molecular formula is C26H34N2O4. The molecule has 1 heterocycles. The molecule has 5 atom stereocenters. The fourth-order valence-corrected chi connectivity index (χ4v) is 6.79. The van der Waals surface area contributed by atoms with Crippen molar-refractivity contribution >= 4 is 11.7 Å². The van der Waals surface area contributed by atoms with Gasteiger partial charge in [0.05, 0.1) is 0 Å². The van der Waals surface area contributed by atoms with Gasteiger partial charge in [0.1, 0.15) is 17.2 Å². The first-order valence-electron chi connectivity index (χ1n) is 11.5. The molecular weight excluding hydrogens is 404 g/mol. The summed E-state index contributed by atoms with van der Waals surface area (Å²) in [7, 11) is 0. The van der Waals surface area contributed by atoms with Crippen LogP contribution in [0.15, 0.2) is 36.5 Å². The van der Waals surface area contributed by atoms with E-state index in [1.165, 1.54) is 18.2 Å². The fourth-order valence-electron chi connectivity index (χ4n) is 6.79. The number of Topliss-reactive ketones (excluding diaryl/α,β-unsaturated/α-hetero) is 1. The number of carbonyl (C=O) groups is 2. The number of hydrogen-bond donors (Lipinski definition) is 4. The molecule has 2 aliphatic rings. The molecule has 6 heteroatoms. The number of phenolic OH excluding ortho intramolecular Hbond substituents is 2. The van der Waals surface area contributed by atoms with E-state index in [1.54, 1.807) is 18.3 Å². The van der Waals surface area contributed by atoms with Gasteiger partial charge < -0.3 is 20.5 Å². The first-order chi connectivity index (χ1) is 15.0. The zero-order valence-corrected chi connectivity index (χ0v) is 19.3. The lowest BCUT2D eigenvalue weighted by molar-refractivity contribution is -0.0902. The van der Waals surface area contributed by atoms with Gasteiger partial charge in [-0.25, -0.2) is 0 Å². The summed E-state index contributed by atoms with van der Waals surface area (Å²) in [5, 5.41) is 23.2. The van der Waals surface area contributed by atoms with Gasteiger partial charge in [0.2, 0.25) is 0 Å². The Balaban J connectivity index is 1.74. The topological polar surface area (TPSA) is 102 Å². The highest BCUT2D eigenvalue weighted by molar-refractivity contribution is 5.99. The number of amides is 1. The van der Waals surface area contributed by atoms with Crippen LogP contribution in [0, 0.1) is 28.6 Å². The molecule has 0 bridgehead atoms. The number of hydrogen-bond acceptors (Lipinski definition) is 4. The van der Waals surface area contributed by atoms with Gasteiger partial charge >= 0.3 is 0 Å². The normalized spacial score (nSPS) is 31.5. The first kappa shape index (κ1) is 22.4. The van der Waals surface area contributed by atoms with Crippen LogP contribution >= 0.6 is 0 Å². The van der Waals surface area contributed by atoms with Gasteiger partial charge in [-0.05, 0) is 66.2 Å². The molecule has 6 nitrogen and oxygen atoms in total. The van der Waals surface area contributed by atoms with Crippen molar-refractivity contribution < 1.29 is 19.8 Å². The quantitative estimate of drug-likeness (QED) is 0.510. The maximum atomic E-state index is 13.9. The van der Waals surface area contributed by atoms with E-state index in [0.717, 1.165) is 25.7 Å². The van der Waals surface area contributed by atoms with E-state index in [-0.39, 0.29) is 57.8 Å². The minimum atomic E-state index is -0.337. The molecule has 0 aliphatic heterocycles. The number of aromatic nitrogens is 1. The van der Waals surface area contributed by atoms with Crippen molar-refractivity contribution in [2.75, 3.05) is 0 Å². The Labute approximate surface area is 189 Å². The fraction of sp³-hybridized carbons (Fsp3) is 0.538. The van der Waals surface area contributed by atoms with Crippen molar-refractivity contribution in [2.24, 2.45) is 28.6 Å². The van der Waals surface area contributed by atoms with Gasteiger partial charge in [0.15, 0.2) is 5.78 Å². The molecule has 0 radical (unpaired) electrons. The maximum Gasteiger partial charge on any atom is 0.267 e. The van der Waals surface area contributed by atoms with Gasteiger partial charge in [-0.2, -0.15) is 0 Å². The summed E-state index contributed by atoms with van der Waals surface area (Å²) in [6.45, 7) is 8.82. The predicted octanol–water partition coefficient (Wildman–Crippen LogP) is 4.90. The molecule has 1 amide bonds. The van der Waals surface area contributed by atoms with E-state index in [2.05, 4.69) is 31.1 Å². The molecule has 0 saturated heterocycles. The monoisotopic (exact) mass is 438 g/mol. The lowest BCUT2D eigenvalue weighted by atomic mass is 9.45. The average molecular weight is 439 g/mol. The number of aromatic hydroxyl groups is 2. The second kappa shape index (κ2) is 7.98. The van der Waals surface area contributed by atoms with E-state index < -0.39 is 0 Å². The number of fused-ring (bicyclic) bond motifs is 1. The molecule has 0 unspecified atom stereocenters. The number of ketones is 1. The SMILES string of the molecule is C[C@@H]1[C@H](NC(=O)c2ccc[nH]2)C[C@H]2C(C)(C)CCC[C@]2(C)[C@H]1C(=O)c1cc(O)cc(O)c1. The van der Waals surface area contributed by atoms with Crippen molar-refractivity contribution in [1.29, 1.82) is 0 Å². The Bertz CT molecular complexity index is 993. The molecule has 2 aromatic rings. The van der Waals surface area contributed by atoms with Crippen molar-refractivity contribution in [3.8, 4) is 11.5 Å². The summed E-state index contributed by atoms with van der Waals surface area (Å²) >= 11 is 0. The van der Waals surface area contributed by atoms with Crippen LogP contribution in [0.4, 0.5) is 0 Å². The van der Waals surface area contributed by atoms with Crippen LogP contribution < -0.4 is 5.32 Å². The van der Waals surface area contributed by atoms with E-state index in [9.17, 15) is 19.8 Å². The summed E-state index contributed by atoms with van der Waals surface area (Å²) in [4.78, 5) is 29.7. The lowest BCUT2D eigenvalue weighted by Gasteiger charge is -2.60. The number of aromatic amines is 1.